The normalized spacial score (nSPS) is 16.7. The van der Waals surface area contributed by atoms with Crippen molar-refractivity contribution in [2.75, 3.05) is 16.8 Å². The van der Waals surface area contributed by atoms with Gasteiger partial charge in [0.2, 0.25) is 17.7 Å². The monoisotopic (exact) mass is 372 g/mol. The molecule has 1 aromatic heterocycles. The first kappa shape index (κ1) is 18.1. The van der Waals surface area contributed by atoms with Crippen LogP contribution in [0.15, 0.2) is 29.6 Å². The van der Waals surface area contributed by atoms with E-state index in [2.05, 4.69) is 17.2 Å². The van der Waals surface area contributed by atoms with Gasteiger partial charge in [-0.05, 0) is 24.1 Å². The van der Waals surface area contributed by atoms with Gasteiger partial charge in [-0.3, -0.25) is 14.4 Å². The Labute approximate surface area is 155 Å². The molecule has 1 aliphatic heterocycles. The maximum Gasteiger partial charge on any atom is 0.231 e. The highest BCUT2D eigenvalue weighted by Crippen LogP contribution is 2.27. The quantitative estimate of drug-likeness (QED) is 0.805. The summed E-state index contributed by atoms with van der Waals surface area (Å²) >= 11 is 1.23. The van der Waals surface area contributed by atoms with E-state index in [0.29, 0.717) is 17.4 Å². The summed E-state index contributed by atoms with van der Waals surface area (Å²) in [5.41, 5.74) is 7.67. The second-order valence-electron chi connectivity index (χ2n) is 6.20. The molecule has 1 fully saturated rings. The number of aromatic nitrogens is 1. The third kappa shape index (κ3) is 4.08. The van der Waals surface area contributed by atoms with Crippen molar-refractivity contribution in [1.82, 2.24) is 4.98 Å². The summed E-state index contributed by atoms with van der Waals surface area (Å²) in [6.45, 7) is 2.42. The zero-order valence-electron chi connectivity index (χ0n) is 14.4. The highest BCUT2D eigenvalue weighted by Gasteiger charge is 2.35. The van der Waals surface area contributed by atoms with Gasteiger partial charge < -0.3 is 16.0 Å². The van der Waals surface area contributed by atoms with Crippen LogP contribution in [0.25, 0.3) is 0 Å². The molecule has 2 aromatic rings. The molecule has 1 aromatic carbocycles. The van der Waals surface area contributed by atoms with Gasteiger partial charge in [-0.2, -0.15) is 0 Å². The molecule has 7 nitrogen and oxygen atoms in total. The van der Waals surface area contributed by atoms with Crippen molar-refractivity contribution < 1.29 is 14.4 Å². The molecule has 8 heteroatoms. The van der Waals surface area contributed by atoms with Crippen LogP contribution >= 0.6 is 11.3 Å². The number of benzene rings is 1. The third-order valence-electron chi connectivity index (χ3n) is 4.29. The molecular weight excluding hydrogens is 352 g/mol. The maximum absolute atomic E-state index is 12.5. The van der Waals surface area contributed by atoms with E-state index in [-0.39, 0.29) is 24.7 Å². The van der Waals surface area contributed by atoms with Gasteiger partial charge in [0, 0.05) is 24.0 Å². The molecule has 136 valence electrons. The highest BCUT2D eigenvalue weighted by molar-refractivity contribution is 7.13. The molecule has 0 aliphatic carbocycles. The molecule has 1 saturated heterocycles. The second-order valence-corrected chi connectivity index (χ2v) is 7.06. The predicted molar refractivity (Wildman–Crippen MR) is 99.9 cm³/mol. The van der Waals surface area contributed by atoms with E-state index < -0.39 is 11.8 Å². The summed E-state index contributed by atoms with van der Waals surface area (Å²) in [4.78, 5) is 41.5. The summed E-state index contributed by atoms with van der Waals surface area (Å²) in [7, 11) is 0. The average molecular weight is 372 g/mol. The Morgan fingerprint density at radius 3 is 2.73 bits per heavy atom. The molecule has 0 radical (unpaired) electrons. The van der Waals surface area contributed by atoms with Gasteiger partial charge in [-0.15, -0.1) is 11.3 Å². The molecule has 3 amide bonds. The van der Waals surface area contributed by atoms with Crippen molar-refractivity contribution in [3.63, 3.8) is 0 Å². The molecule has 26 heavy (non-hydrogen) atoms. The van der Waals surface area contributed by atoms with Crippen LogP contribution in [0.4, 0.5) is 10.8 Å². The van der Waals surface area contributed by atoms with Gasteiger partial charge in [-0.25, -0.2) is 4.98 Å². The Kier molecular flexibility index (Phi) is 5.32. The lowest BCUT2D eigenvalue weighted by Gasteiger charge is -2.17. The van der Waals surface area contributed by atoms with Crippen molar-refractivity contribution in [2.24, 2.45) is 11.7 Å². The number of carbonyl (C=O) groups is 3. The number of thiazole rings is 1. The van der Waals surface area contributed by atoms with E-state index in [1.165, 1.54) is 16.9 Å². The highest BCUT2D eigenvalue weighted by atomic mass is 32.1. The van der Waals surface area contributed by atoms with Gasteiger partial charge >= 0.3 is 0 Å². The van der Waals surface area contributed by atoms with Crippen LogP contribution in [0.2, 0.25) is 0 Å². The van der Waals surface area contributed by atoms with Crippen molar-refractivity contribution in [3.05, 3.63) is 40.9 Å². The number of primary amides is 1. The summed E-state index contributed by atoms with van der Waals surface area (Å²) in [6, 6.07) is 7.81. The SMILES string of the molecule is CCc1ccc(N2C[C@@H](C(=O)Nc3nc(CC(N)=O)cs3)CC2=O)cc1. The van der Waals surface area contributed by atoms with Crippen LogP contribution in [0, 0.1) is 5.92 Å². The molecule has 0 spiro atoms. The number of aryl methyl sites for hydroxylation is 1. The standard InChI is InChI=1S/C18H20N4O3S/c1-2-11-3-5-14(6-4-11)22-9-12(7-16(22)24)17(25)21-18-20-13(10-26-18)8-15(19)23/h3-6,10,12H,2,7-9H2,1H3,(H2,19,23)(H,20,21,25)/t12-/m0/s1. The van der Waals surface area contributed by atoms with Crippen molar-refractivity contribution in [1.29, 1.82) is 0 Å². The number of nitrogens with two attached hydrogens (primary N) is 1. The van der Waals surface area contributed by atoms with Crippen LogP contribution in [0.5, 0.6) is 0 Å². The Bertz CT molecular complexity index is 831. The molecule has 2 heterocycles. The molecule has 0 unspecified atom stereocenters. The minimum absolute atomic E-state index is 0.0375. The molecule has 3 rings (SSSR count). The minimum Gasteiger partial charge on any atom is -0.369 e. The largest absolute Gasteiger partial charge is 0.369 e. The fraction of sp³-hybridized carbons (Fsp3) is 0.333. The van der Waals surface area contributed by atoms with Crippen LogP contribution in [0.3, 0.4) is 0 Å². The molecule has 3 N–H and O–H groups in total. The first-order chi connectivity index (χ1) is 12.5. The van der Waals surface area contributed by atoms with E-state index in [4.69, 9.17) is 5.73 Å². The Balaban J connectivity index is 1.63. The fourth-order valence-electron chi connectivity index (χ4n) is 2.88. The van der Waals surface area contributed by atoms with Crippen LogP contribution < -0.4 is 16.0 Å². The number of anilines is 2. The molecular formula is C18H20N4O3S. The van der Waals surface area contributed by atoms with Gasteiger partial charge in [-0.1, -0.05) is 19.1 Å². The van der Waals surface area contributed by atoms with E-state index in [1.54, 1.807) is 10.3 Å². The lowest BCUT2D eigenvalue weighted by Crippen LogP contribution is -2.28. The lowest BCUT2D eigenvalue weighted by atomic mass is 10.1. The zero-order valence-corrected chi connectivity index (χ0v) is 15.2. The summed E-state index contributed by atoms with van der Waals surface area (Å²) in [6.07, 6.45) is 1.14. The topological polar surface area (TPSA) is 105 Å². The minimum atomic E-state index is -0.473. The van der Waals surface area contributed by atoms with E-state index >= 15 is 0 Å². The summed E-state index contributed by atoms with van der Waals surface area (Å²) in [5, 5.41) is 4.81. The van der Waals surface area contributed by atoms with Crippen LogP contribution in [0.1, 0.15) is 24.6 Å². The number of hydrogen-bond donors (Lipinski definition) is 2. The first-order valence-corrected chi connectivity index (χ1v) is 9.27. The molecule has 0 bridgehead atoms. The van der Waals surface area contributed by atoms with Gasteiger partial charge in [0.05, 0.1) is 18.0 Å². The van der Waals surface area contributed by atoms with Crippen molar-refractivity contribution in [3.8, 4) is 0 Å². The number of rotatable bonds is 6. The van der Waals surface area contributed by atoms with Crippen molar-refractivity contribution in [2.45, 2.75) is 26.2 Å². The average Bonchev–Trinajstić information content (AvgIpc) is 3.21. The molecule has 1 atom stereocenters. The number of carbonyl (C=O) groups excluding carboxylic acids is 3. The van der Waals surface area contributed by atoms with Crippen molar-refractivity contribution >= 4 is 39.9 Å². The zero-order chi connectivity index (χ0) is 18.7. The predicted octanol–water partition coefficient (Wildman–Crippen LogP) is 1.72. The summed E-state index contributed by atoms with van der Waals surface area (Å²) in [5.74, 6) is -1.22. The number of nitrogens with one attached hydrogen (secondary N) is 1. The number of nitrogens with zero attached hydrogens (tertiary/aromatic N) is 2. The fourth-order valence-corrected chi connectivity index (χ4v) is 3.59. The molecule has 0 saturated carbocycles. The van der Waals surface area contributed by atoms with E-state index in [1.807, 2.05) is 24.3 Å². The maximum atomic E-state index is 12.5. The Morgan fingerprint density at radius 1 is 1.35 bits per heavy atom. The summed E-state index contributed by atoms with van der Waals surface area (Å²) < 4.78 is 0. The van der Waals surface area contributed by atoms with E-state index in [9.17, 15) is 14.4 Å². The van der Waals surface area contributed by atoms with Gasteiger partial charge in [0.25, 0.3) is 0 Å². The molecule has 1 aliphatic rings. The lowest BCUT2D eigenvalue weighted by molar-refractivity contribution is -0.122. The van der Waals surface area contributed by atoms with Gasteiger partial charge in [0.15, 0.2) is 5.13 Å². The smallest absolute Gasteiger partial charge is 0.231 e. The van der Waals surface area contributed by atoms with E-state index in [0.717, 1.165) is 12.1 Å². The first-order valence-electron chi connectivity index (χ1n) is 8.39. The number of amides is 3. The third-order valence-corrected chi connectivity index (χ3v) is 5.10. The Morgan fingerprint density at radius 2 is 2.08 bits per heavy atom. The number of hydrogen-bond acceptors (Lipinski definition) is 5. The Hall–Kier alpha value is -2.74. The second kappa shape index (κ2) is 7.65. The van der Waals surface area contributed by atoms with Crippen LogP contribution in [-0.4, -0.2) is 29.3 Å². The van der Waals surface area contributed by atoms with Gasteiger partial charge in [0.1, 0.15) is 0 Å². The van der Waals surface area contributed by atoms with Crippen LogP contribution in [-0.2, 0) is 27.2 Å².